The standard InChI is InChI=1S/C22H27NO4/c1-15(2)27-20-12-7-17(13-21(20)26-4)22(24)23(18-8-9-18)14-16-5-10-19(25-3)11-6-16/h5-7,10-13,15,18H,8-9,14H2,1-4H3. The Morgan fingerprint density at radius 3 is 2.30 bits per heavy atom. The summed E-state index contributed by atoms with van der Waals surface area (Å²) in [5.41, 5.74) is 1.70. The third-order valence-corrected chi connectivity index (χ3v) is 4.53. The maximum atomic E-state index is 13.2. The van der Waals surface area contributed by atoms with E-state index in [4.69, 9.17) is 14.2 Å². The number of rotatable bonds is 8. The molecule has 1 saturated carbocycles. The van der Waals surface area contributed by atoms with Gasteiger partial charge in [0.1, 0.15) is 5.75 Å². The van der Waals surface area contributed by atoms with Gasteiger partial charge in [0.15, 0.2) is 11.5 Å². The Labute approximate surface area is 160 Å². The summed E-state index contributed by atoms with van der Waals surface area (Å²) in [6, 6.07) is 13.5. The van der Waals surface area contributed by atoms with Crippen molar-refractivity contribution in [2.75, 3.05) is 14.2 Å². The first-order valence-electron chi connectivity index (χ1n) is 9.30. The van der Waals surface area contributed by atoms with Crippen LogP contribution in [-0.2, 0) is 6.54 Å². The second-order valence-electron chi connectivity index (χ2n) is 7.04. The Morgan fingerprint density at radius 2 is 1.74 bits per heavy atom. The van der Waals surface area contributed by atoms with Crippen molar-refractivity contribution in [3.63, 3.8) is 0 Å². The van der Waals surface area contributed by atoms with Crippen molar-refractivity contribution in [2.24, 2.45) is 0 Å². The number of ether oxygens (including phenoxy) is 3. The van der Waals surface area contributed by atoms with Crippen LogP contribution in [0.2, 0.25) is 0 Å². The van der Waals surface area contributed by atoms with Crippen LogP contribution in [0.15, 0.2) is 42.5 Å². The van der Waals surface area contributed by atoms with E-state index in [9.17, 15) is 4.79 Å². The molecule has 0 heterocycles. The molecule has 0 saturated heterocycles. The predicted octanol–water partition coefficient (Wildman–Crippen LogP) is 4.30. The Bertz CT molecular complexity index is 781. The lowest BCUT2D eigenvalue weighted by Crippen LogP contribution is -2.32. The molecule has 5 heteroatoms. The van der Waals surface area contributed by atoms with E-state index in [1.165, 1.54) is 0 Å². The Kier molecular flexibility index (Phi) is 5.89. The monoisotopic (exact) mass is 369 g/mol. The number of benzene rings is 2. The summed E-state index contributed by atoms with van der Waals surface area (Å²) in [6.07, 6.45) is 2.14. The predicted molar refractivity (Wildman–Crippen MR) is 105 cm³/mol. The molecular formula is C22H27NO4. The van der Waals surface area contributed by atoms with Crippen molar-refractivity contribution in [2.45, 2.75) is 45.4 Å². The zero-order valence-corrected chi connectivity index (χ0v) is 16.4. The highest BCUT2D eigenvalue weighted by molar-refractivity contribution is 5.95. The first kappa shape index (κ1) is 19.1. The minimum absolute atomic E-state index is 0.0164. The van der Waals surface area contributed by atoms with Crippen molar-refractivity contribution in [3.05, 3.63) is 53.6 Å². The van der Waals surface area contributed by atoms with E-state index in [1.54, 1.807) is 20.3 Å². The average molecular weight is 369 g/mol. The number of carbonyl (C=O) groups excluding carboxylic acids is 1. The third kappa shape index (κ3) is 4.73. The number of carbonyl (C=O) groups is 1. The largest absolute Gasteiger partial charge is 0.497 e. The molecule has 0 radical (unpaired) electrons. The molecule has 27 heavy (non-hydrogen) atoms. The fourth-order valence-corrected chi connectivity index (χ4v) is 3.00. The normalized spacial score (nSPS) is 13.4. The van der Waals surface area contributed by atoms with Gasteiger partial charge in [0.25, 0.3) is 5.91 Å². The molecule has 0 atom stereocenters. The first-order valence-corrected chi connectivity index (χ1v) is 9.30. The first-order chi connectivity index (χ1) is 13.0. The number of methoxy groups -OCH3 is 2. The minimum Gasteiger partial charge on any atom is -0.497 e. The smallest absolute Gasteiger partial charge is 0.254 e. The second kappa shape index (κ2) is 8.33. The highest BCUT2D eigenvalue weighted by Crippen LogP contribution is 2.33. The van der Waals surface area contributed by atoms with E-state index in [0.717, 1.165) is 24.2 Å². The number of amides is 1. The van der Waals surface area contributed by atoms with Crippen molar-refractivity contribution in [1.82, 2.24) is 4.90 Å². The molecule has 1 amide bonds. The van der Waals surface area contributed by atoms with Crippen LogP contribution in [0, 0.1) is 0 Å². The molecule has 5 nitrogen and oxygen atoms in total. The van der Waals surface area contributed by atoms with E-state index in [2.05, 4.69) is 0 Å². The highest BCUT2D eigenvalue weighted by atomic mass is 16.5. The average Bonchev–Trinajstić information content (AvgIpc) is 3.51. The lowest BCUT2D eigenvalue weighted by atomic mass is 10.1. The number of hydrogen-bond acceptors (Lipinski definition) is 4. The zero-order chi connectivity index (χ0) is 19.4. The molecule has 0 unspecified atom stereocenters. The SMILES string of the molecule is COc1ccc(CN(C(=O)c2ccc(OC(C)C)c(OC)c2)C2CC2)cc1. The van der Waals surface area contributed by atoms with Crippen LogP contribution in [0.5, 0.6) is 17.2 Å². The summed E-state index contributed by atoms with van der Waals surface area (Å²) in [5.74, 6) is 2.06. The summed E-state index contributed by atoms with van der Waals surface area (Å²) in [4.78, 5) is 15.1. The van der Waals surface area contributed by atoms with Crippen LogP contribution >= 0.6 is 0 Å². The van der Waals surface area contributed by atoms with Gasteiger partial charge in [-0.1, -0.05) is 12.1 Å². The molecule has 2 aromatic carbocycles. The van der Waals surface area contributed by atoms with E-state index < -0.39 is 0 Å². The molecule has 1 aliphatic carbocycles. The maximum Gasteiger partial charge on any atom is 0.254 e. The van der Waals surface area contributed by atoms with Crippen molar-refractivity contribution >= 4 is 5.91 Å². The van der Waals surface area contributed by atoms with Gasteiger partial charge in [-0.3, -0.25) is 4.79 Å². The molecule has 1 aliphatic rings. The molecule has 0 aliphatic heterocycles. The fourth-order valence-electron chi connectivity index (χ4n) is 3.00. The molecule has 144 valence electrons. The van der Waals surface area contributed by atoms with Crippen molar-refractivity contribution in [3.8, 4) is 17.2 Å². The molecule has 0 N–H and O–H groups in total. The van der Waals surface area contributed by atoms with Gasteiger partial charge in [0.2, 0.25) is 0 Å². The van der Waals surface area contributed by atoms with E-state index >= 15 is 0 Å². The Balaban J connectivity index is 1.80. The summed E-state index contributed by atoms with van der Waals surface area (Å²) >= 11 is 0. The molecule has 3 rings (SSSR count). The quantitative estimate of drug-likeness (QED) is 0.696. The van der Waals surface area contributed by atoms with Crippen LogP contribution in [0.3, 0.4) is 0 Å². The lowest BCUT2D eigenvalue weighted by molar-refractivity contribution is 0.0729. The lowest BCUT2D eigenvalue weighted by Gasteiger charge is -2.23. The van der Waals surface area contributed by atoms with Crippen LogP contribution in [0.1, 0.15) is 42.6 Å². The highest BCUT2D eigenvalue weighted by Gasteiger charge is 2.33. The zero-order valence-electron chi connectivity index (χ0n) is 16.4. The van der Waals surface area contributed by atoms with E-state index in [1.807, 2.05) is 55.1 Å². The van der Waals surface area contributed by atoms with E-state index in [-0.39, 0.29) is 12.0 Å². The summed E-state index contributed by atoms with van der Waals surface area (Å²) in [6.45, 7) is 4.50. The molecular weight excluding hydrogens is 342 g/mol. The van der Waals surface area contributed by atoms with Gasteiger partial charge in [-0.2, -0.15) is 0 Å². The van der Waals surface area contributed by atoms with Gasteiger partial charge in [0, 0.05) is 18.2 Å². The van der Waals surface area contributed by atoms with Crippen molar-refractivity contribution < 1.29 is 19.0 Å². The molecule has 0 spiro atoms. The van der Waals surface area contributed by atoms with Crippen LogP contribution in [-0.4, -0.2) is 37.2 Å². The van der Waals surface area contributed by atoms with E-state index in [0.29, 0.717) is 29.6 Å². The number of hydrogen-bond donors (Lipinski definition) is 0. The van der Waals surface area contributed by atoms with Crippen molar-refractivity contribution in [1.29, 1.82) is 0 Å². The molecule has 1 fully saturated rings. The Hall–Kier alpha value is -2.69. The number of nitrogens with zero attached hydrogens (tertiary/aromatic N) is 1. The summed E-state index contributed by atoms with van der Waals surface area (Å²) < 4.78 is 16.4. The van der Waals surface area contributed by atoms with Gasteiger partial charge >= 0.3 is 0 Å². The van der Waals surface area contributed by atoms with Gasteiger partial charge in [-0.25, -0.2) is 0 Å². The van der Waals surface area contributed by atoms with Crippen LogP contribution < -0.4 is 14.2 Å². The Morgan fingerprint density at radius 1 is 1.04 bits per heavy atom. The topological polar surface area (TPSA) is 48.0 Å². The van der Waals surface area contributed by atoms with Gasteiger partial charge < -0.3 is 19.1 Å². The van der Waals surface area contributed by atoms with Crippen LogP contribution in [0.4, 0.5) is 0 Å². The van der Waals surface area contributed by atoms with Gasteiger partial charge in [-0.15, -0.1) is 0 Å². The van der Waals surface area contributed by atoms with Crippen LogP contribution in [0.25, 0.3) is 0 Å². The molecule has 0 bridgehead atoms. The molecule has 2 aromatic rings. The second-order valence-corrected chi connectivity index (χ2v) is 7.04. The maximum absolute atomic E-state index is 13.2. The molecule has 0 aromatic heterocycles. The minimum atomic E-state index is 0.0164. The third-order valence-electron chi connectivity index (χ3n) is 4.53. The summed E-state index contributed by atoms with van der Waals surface area (Å²) in [5, 5.41) is 0. The van der Waals surface area contributed by atoms with Gasteiger partial charge in [0.05, 0.1) is 20.3 Å². The van der Waals surface area contributed by atoms with Gasteiger partial charge in [-0.05, 0) is 62.6 Å². The summed E-state index contributed by atoms with van der Waals surface area (Å²) in [7, 11) is 3.24. The fraction of sp³-hybridized carbons (Fsp3) is 0.409.